The second kappa shape index (κ2) is 6.97. The van der Waals surface area contributed by atoms with E-state index in [0.29, 0.717) is 26.0 Å². The van der Waals surface area contributed by atoms with Crippen LogP contribution < -0.4 is 15.8 Å². The van der Waals surface area contributed by atoms with E-state index in [0.717, 1.165) is 18.6 Å². The summed E-state index contributed by atoms with van der Waals surface area (Å²) in [5.74, 6) is 0.576. The molecule has 0 bridgehead atoms. The van der Waals surface area contributed by atoms with Crippen molar-refractivity contribution in [1.29, 1.82) is 0 Å². The summed E-state index contributed by atoms with van der Waals surface area (Å²) in [5, 5.41) is 14.7. The Morgan fingerprint density at radius 3 is 2.62 bits per heavy atom. The summed E-state index contributed by atoms with van der Waals surface area (Å²) in [7, 11) is 0. The minimum Gasteiger partial charge on any atom is -0.492 e. The second-order valence-corrected chi connectivity index (χ2v) is 5.19. The van der Waals surface area contributed by atoms with Crippen LogP contribution >= 0.6 is 0 Å². The van der Waals surface area contributed by atoms with Crippen LogP contribution in [0.5, 0.6) is 5.75 Å². The summed E-state index contributed by atoms with van der Waals surface area (Å²) in [6, 6.07) is 9.41. The Bertz CT molecular complexity index is 496. The molecule has 1 saturated carbocycles. The van der Waals surface area contributed by atoms with Crippen molar-refractivity contribution in [2.24, 2.45) is 16.3 Å². The molecule has 1 fully saturated rings. The molecule has 1 aromatic rings. The summed E-state index contributed by atoms with van der Waals surface area (Å²) in [6.45, 7) is 0.760. The molecule has 21 heavy (non-hydrogen) atoms. The van der Waals surface area contributed by atoms with E-state index < -0.39 is 5.41 Å². The number of rotatable bonds is 6. The van der Waals surface area contributed by atoms with Crippen molar-refractivity contribution in [2.45, 2.75) is 25.7 Å². The van der Waals surface area contributed by atoms with Crippen molar-refractivity contribution >= 4 is 11.7 Å². The molecule has 0 radical (unpaired) electrons. The Balaban J connectivity index is 1.83. The first-order valence-electron chi connectivity index (χ1n) is 7.13. The Morgan fingerprint density at radius 1 is 1.33 bits per heavy atom. The van der Waals surface area contributed by atoms with Crippen molar-refractivity contribution in [3.05, 3.63) is 30.3 Å². The molecule has 0 unspecified atom stereocenters. The molecule has 0 aromatic heterocycles. The highest BCUT2D eigenvalue weighted by atomic mass is 16.5. The first kappa shape index (κ1) is 15.2. The van der Waals surface area contributed by atoms with E-state index in [9.17, 15) is 4.79 Å². The molecule has 1 aliphatic rings. The van der Waals surface area contributed by atoms with Crippen LogP contribution in [0.15, 0.2) is 35.5 Å². The molecule has 1 aliphatic carbocycles. The van der Waals surface area contributed by atoms with Gasteiger partial charge in [-0.25, -0.2) is 0 Å². The first-order valence-corrected chi connectivity index (χ1v) is 7.13. The minimum atomic E-state index is -0.860. The van der Waals surface area contributed by atoms with E-state index in [1.807, 2.05) is 30.3 Å². The number of nitrogens with zero attached hydrogens (tertiary/aromatic N) is 1. The van der Waals surface area contributed by atoms with Crippen molar-refractivity contribution in [2.75, 3.05) is 13.2 Å². The third-order valence-corrected chi connectivity index (χ3v) is 3.89. The van der Waals surface area contributed by atoms with Crippen LogP contribution in [-0.4, -0.2) is 30.1 Å². The van der Waals surface area contributed by atoms with Gasteiger partial charge in [-0.1, -0.05) is 36.2 Å². The number of para-hydroxylation sites is 1. The zero-order valence-corrected chi connectivity index (χ0v) is 11.9. The fraction of sp³-hybridized carbons (Fsp3) is 0.467. The first-order chi connectivity index (χ1) is 10.2. The Labute approximate surface area is 124 Å². The van der Waals surface area contributed by atoms with Gasteiger partial charge in [0, 0.05) is 0 Å². The lowest BCUT2D eigenvalue weighted by Crippen LogP contribution is -2.49. The Morgan fingerprint density at radius 2 is 2.00 bits per heavy atom. The highest BCUT2D eigenvalue weighted by molar-refractivity contribution is 6.07. The van der Waals surface area contributed by atoms with Gasteiger partial charge in [0.1, 0.15) is 17.8 Å². The Hall–Kier alpha value is -2.24. The highest BCUT2D eigenvalue weighted by Crippen LogP contribution is 2.38. The van der Waals surface area contributed by atoms with Gasteiger partial charge in [0.15, 0.2) is 5.84 Å². The molecule has 0 spiro atoms. The second-order valence-electron chi connectivity index (χ2n) is 5.19. The molecule has 0 saturated heterocycles. The van der Waals surface area contributed by atoms with Crippen LogP contribution in [-0.2, 0) is 4.79 Å². The van der Waals surface area contributed by atoms with Gasteiger partial charge in [0.2, 0.25) is 5.91 Å². The number of carbonyl (C=O) groups excluding carboxylic acids is 1. The molecule has 0 atom stereocenters. The number of amides is 1. The molecule has 1 amide bonds. The predicted octanol–water partition coefficient (Wildman–Crippen LogP) is 1.49. The molecule has 1 aromatic carbocycles. The molecule has 0 heterocycles. The van der Waals surface area contributed by atoms with E-state index in [4.69, 9.17) is 15.7 Å². The number of ether oxygens (including phenoxy) is 1. The lowest BCUT2D eigenvalue weighted by atomic mass is 9.84. The molecule has 6 heteroatoms. The van der Waals surface area contributed by atoms with E-state index in [1.54, 1.807) is 0 Å². The summed E-state index contributed by atoms with van der Waals surface area (Å²) >= 11 is 0. The maximum Gasteiger partial charge on any atom is 0.234 e. The summed E-state index contributed by atoms with van der Waals surface area (Å²) in [6.07, 6.45) is 3.05. The van der Waals surface area contributed by atoms with Gasteiger partial charge in [-0.3, -0.25) is 4.79 Å². The van der Waals surface area contributed by atoms with Gasteiger partial charge < -0.3 is 21.0 Å². The topological polar surface area (TPSA) is 96.9 Å². The SMILES string of the molecule is NC(=NO)C1(C(=O)NCCOc2ccccc2)CCCC1. The summed E-state index contributed by atoms with van der Waals surface area (Å²) < 4.78 is 5.51. The molecular weight excluding hydrogens is 270 g/mol. The van der Waals surface area contributed by atoms with Crippen molar-refractivity contribution in [1.82, 2.24) is 5.32 Å². The fourth-order valence-corrected chi connectivity index (χ4v) is 2.69. The largest absolute Gasteiger partial charge is 0.492 e. The van der Waals surface area contributed by atoms with Crippen molar-refractivity contribution in [3.63, 3.8) is 0 Å². The van der Waals surface area contributed by atoms with Crippen LogP contribution in [0.3, 0.4) is 0 Å². The number of benzene rings is 1. The average molecular weight is 291 g/mol. The van der Waals surface area contributed by atoms with Gasteiger partial charge >= 0.3 is 0 Å². The summed E-state index contributed by atoms with van der Waals surface area (Å²) in [5.41, 5.74) is 4.86. The normalized spacial score (nSPS) is 17.4. The minimum absolute atomic E-state index is 0.00137. The number of nitrogens with one attached hydrogen (secondary N) is 1. The van der Waals surface area contributed by atoms with E-state index >= 15 is 0 Å². The van der Waals surface area contributed by atoms with E-state index in [1.165, 1.54) is 0 Å². The fourth-order valence-electron chi connectivity index (χ4n) is 2.69. The molecular formula is C15H21N3O3. The van der Waals surface area contributed by atoms with E-state index in [2.05, 4.69) is 10.5 Å². The van der Waals surface area contributed by atoms with Gasteiger partial charge in [-0.15, -0.1) is 0 Å². The molecule has 4 N–H and O–H groups in total. The third-order valence-electron chi connectivity index (χ3n) is 3.89. The predicted molar refractivity (Wildman–Crippen MR) is 79.3 cm³/mol. The zero-order chi connectivity index (χ0) is 15.1. The standard InChI is InChI=1S/C15H21N3O3/c16-13(18-20)15(8-4-5-9-15)14(19)17-10-11-21-12-6-2-1-3-7-12/h1-3,6-7,20H,4-5,8-11H2,(H2,16,18)(H,17,19). The van der Waals surface area contributed by atoms with Crippen LogP contribution in [0.25, 0.3) is 0 Å². The maximum atomic E-state index is 12.3. The number of oxime groups is 1. The van der Waals surface area contributed by atoms with Crippen LogP contribution in [0, 0.1) is 5.41 Å². The van der Waals surface area contributed by atoms with Crippen molar-refractivity contribution in [3.8, 4) is 5.75 Å². The van der Waals surface area contributed by atoms with Crippen molar-refractivity contribution < 1.29 is 14.7 Å². The number of hydrogen-bond acceptors (Lipinski definition) is 4. The molecule has 6 nitrogen and oxygen atoms in total. The Kier molecular flexibility index (Phi) is 5.03. The lowest BCUT2D eigenvalue weighted by Gasteiger charge is -2.25. The van der Waals surface area contributed by atoms with Crippen LogP contribution in [0.2, 0.25) is 0 Å². The number of hydrogen-bond donors (Lipinski definition) is 3. The van der Waals surface area contributed by atoms with Crippen LogP contribution in [0.1, 0.15) is 25.7 Å². The monoisotopic (exact) mass is 291 g/mol. The molecule has 0 aliphatic heterocycles. The van der Waals surface area contributed by atoms with Gasteiger partial charge in [0.25, 0.3) is 0 Å². The summed E-state index contributed by atoms with van der Waals surface area (Å²) in [4.78, 5) is 12.3. The van der Waals surface area contributed by atoms with E-state index in [-0.39, 0.29) is 11.7 Å². The average Bonchev–Trinajstić information content (AvgIpc) is 3.02. The van der Waals surface area contributed by atoms with Gasteiger partial charge in [-0.05, 0) is 25.0 Å². The zero-order valence-electron chi connectivity index (χ0n) is 11.9. The van der Waals surface area contributed by atoms with Crippen LogP contribution in [0.4, 0.5) is 0 Å². The third kappa shape index (κ3) is 3.45. The maximum absolute atomic E-state index is 12.3. The smallest absolute Gasteiger partial charge is 0.234 e. The highest BCUT2D eigenvalue weighted by Gasteiger charge is 2.45. The molecule has 2 rings (SSSR count). The number of amidine groups is 1. The van der Waals surface area contributed by atoms with Gasteiger partial charge in [0.05, 0.1) is 6.54 Å². The quantitative estimate of drug-likeness (QED) is 0.243. The lowest BCUT2D eigenvalue weighted by molar-refractivity contribution is -0.127. The number of carbonyl (C=O) groups is 1. The molecule has 114 valence electrons. The number of nitrogens with two attached hydrogens (primary N) is 1. The van der Waals surface area contributed by atoms with Gasteiger partial charge in [-0.2, -0.15) is 0 Å².